The zero-order valence-corrected chi connectivity index (χ0v) is 26.5. The number of rotatable bonds is 13. The lowest BCUT2D eigenvalue weighted by atomic mass is 9.99. The predicted octanol–water partition coefficient (Wildman–Crippen LogP) is -2.14. The number of thioether (sulfide) groups is 1. The third kappa shape index (κ3) is 8.26. The Balaban J connectivity index is 1.53. The van der Waals surface area contributed by atoms with Gasteiger partial charge in [0.05, 0.1) is 18.5 Å². The van der Waals surface area contributed by atoms with Crippen molar-refractivity contribution in [1.82, 2.24) is 30.7 Å². The fourth-order valence-corrected chi connectivity index (χ4v) is 6.93. The Kier molecular flexibility index (Phi) is 11.1. The first-order valence-corrected chi connectivity index (χ1v) is 15.9. The number of carbonyl (C=O) groups excluding carboxylic acids is 6. The average Bonchev–Trinajstić information content (AvgIpc) is 3.40. The van der Waals surface area contributed by atoms with Gasteiger partial charge in [-0.05, 0) is 31.4 Å². The van der Waals surface area contributed by atoms with Gasteiger partial charge in [-0.1, -0.05) is 18.2 Å². The normalized spacial score (nSPS) is 20.8. The van der Waals surface area contributed by atoms with Crippen LogP contribution in [0, 0.1) is 0 Å². The summed E-state index contributed by atoms with van der Waals surface area (Å²) in [5.74, 6) is -2.97. The molecule has 16 nitrogen and oxygen atoms in total. The van der Waals surface area contributed by atoms with Gasteiger partial charge in [-0.25, -0.2) is 0 Å². The molecule has 46 heavy (non-hydrogen) atoms. The van der Waals surface area contributed by atoms with E-state index >= 15 is 0 Å². The molecular weight excluding hydrogens is 616 g/mol. The van der Waals surface area contributed by atoms with E-state index < -0.39 is 59.1 Å². The number of hydrogen-bond acceptors (Lipinski definition) is 8. The van der Waals surface area contributed by atoms with Crippen LogP contribution in [0.3, 0.4) is 0 Å². The average molecular weight is 657 g/mol. The SMILES string of the molecule is CC(=O)N[C@@H](C)C(=O)N[C@H]1CS[C@H]2CN(CC(=O)N[C@@H](CCCN=C(N)N)C(N)=O)C(=O)[C@@H](Cc3c[nH]c4ccccc34)N2C1=O. The molecule has 248 valence electrons. The second-order valence-corrected chi connectivity index (χ2v) is 12.5. The van der Waals surface area contributed by atoms with Gasteiger partial charge in [0.25, 0.3) is 0 Å². The molecule has 3 heterocycles. The van der Waals surface area contributed by atoms with Gasteiger partial charge in [0.1, 0.15) is 24.2 Å². The van der Waals surface area contributed by atoms with Gasteiger partial charge in [-0.3, -0.25) is 33.8 Å². The highest BCUT2D eigenvalue weighted by Crippen LogP contribution is 2.33. The molecule has 2 fully saturated rings. The van der Waals surface area contributed by atoms with Gasteiger partial charge in [0.15, 0.2) is 5.96 Å². The third-order valence-electron chi connectivity index (χ3n) is 7.80. The number of nitrogens with one attached hydrogen (secondary N) is 4. The molecule has 2 aliphatic rings. The topological polar surface area (TPSA) is 251 Å². The van der Waals surface area contributed by atoms with Gasteiger partial charge in [-0.15, -0.1) is 11.8 Å². The second kappa shape index (κ2) is 15.0. The molecular formula is C29H40N10O6S. The number of fused-ring (bicyclic) bond motifs is 2. The summed E-state index contributed by atoms with van der Waals surface area (Å²) in [6.45, 7) is 2.76. The number of hydrogen-bond donors (Lipinski definition) is 7. The van der Waals surface area contributed by atoms with E-state index in [4.69, 9.17) is 17.2 Å². The van der Waals surface area contributed by atoms with Crippen molar-refractivity contribution in [2.75, 3.05) is 25.4 Å². The van der Waals surface area contributed by atoms with E-state index in [1.165, 1.54) is 35.4 Å². The number of aliphatic imine (C=N–C) groups is 1. The molecule has 1 aromatic heterocycles. The number of piperazine rings is 1. The molecule has 2 aliphatic heterocycles. The van der Waals surface area contributed by atoms with Gasteiger partial charge in [0.2, 0.25) is 35.4 Å². The van der Waals surface area contributed by atoms with E-state index in [-0.39, 0.29) is 50.1 Å². The molecule has 6 amide bonds. The fourth-order valence-electron chi connectivity index (χ4n) is 5.59. The highest BCUT2D eigenvalue weighted by molar-refractivity contribution is 8.00. The van der Waals surface area contributed by atoms with Crippen LogP contribution in [0.1, 0.15) is 32.3 Å². The molecule has 0 bridgehead atoms. The Hall–Kier alpha value is -4.80. The number of carbonyl (C=O) groups is 6. The lowest BCUT2D eigenvalue weighted by Gasteiger charge is -2.49. The van der Waals surface area contributed by atoms with E-state index in [1.54, 1.807) is 6.20 Å². The molecule has 5 atom stereocenters. The van der Waals surface area contributed by atoms with E-state index in [0.29, 0.717) is 6.42 Å². The van der Waals surface area contributed by atoms with Crippen LogP contribution in [-0.4, -0.2) is 111 Å². The second-order valence-electron chi connectivity index (χ2n) is 11.3. The molecule has 1 aromatic carbocycles. The van der Waals surface area contributed by atoms with Crippen molar-refractivity contribution in [2.24, 2.45) is 22.2 Å². The number of H-pyrrole nitrogens is 1. The third-order valence-corrected chi connectivity index (χ3v) is 9.09. The van der Waals surface area contributed by atoms with Crippen molar-refractivity contribution >= 4 is 64.1 Å². The lowest BCUT2D eigenvalue weighted by molar-refractivity contribution is -0.155. The molecule has 4 rings (SSSR count). The smallest absolute Gasteiger partial charge is 0.247 e. The number of aromatic nitrogens is 1. The van der Waals surface area contributed by atoms with Crippen LogP contribution >= 0.6 is 11.8 Å². The maximum atomic E-state index is 14.0. The molecule has 0 spiro atoms. The summed E-state index contributed by atoms with van der Waals surface area (Å²) < 4.78 is 0. The van der Waals surface area contributed by atoms with Crippen molar-refractivity contribution in [3.8, 4) is 0 Å². The minimum Gasteiger partial charge on any atom is -0.370 e. The summed E-state index contributed by atoms with van der Waals surface area (Å²) in [6.07, 6.45) is 2.53. The summed E-state index contributed by atoms with van der Waals surface area (Å²) in [7, 11) is 0. The predicted molar refractivity (Wildman–Crippen MR) is 172 cm³/mol. The summed E-state index contributed by atoms with van der Waals surface area (Å²) in [5.41, 5.74) is 17.8. The maximum absolute atomic E-state index is 14.0. The summed E-state index contributed by atoms with van der Waals surface area (Å²) >= 11 is 1.38. The number of aromatic amines is 1. The van der Waals surface area contributed by atoms with Crippen LogP contribution in [0.15, 0.2) is 35.5 Å². The van der Waals surface area contributed by atoms with Crippen molar-refractivity contribution in [3.63, 3.8) is 0 Å². The largest absolute Gasteiger partial charge is 0.370 e. The maximum Gasteiger partial charge on any atom is 0.247 e. The van der Waals surface area contributed by atoms with Crippen LogP contribution < -0.4 is 33.2 Å². The number of guanidine groups is 1. The first kappa shape index (κ1) is 34.1. The first-order valence-electron chi connectivity index (χ1n) is 14.8. The summed E-state index contributed by atoms with van der Waals surface area (Å²) in [5, 5.41) is 8.20. The zero-order valence-electron chi connectivity index (χ0n) is 25.7. The van der Waals surface area contributed by atoms with Crippen LogP contribution in [-0.2, 0) is 35.2 Å². The number of nitrogens with two attached hydrogens (primary N) is 3. The zero-order chi connectivity index (χ0) is 33.5. The quantitative estimate of drug-likeness (QED) is 0.0704. The molecule has 2 aromatic rings. The van der Waals surface area contributed by atoms with E-state index in [1.807, 2.05) is 24.3 Å². The Morgan fingerprint density at radius 1 is 1.11 bits per heavy atom. The minimum absolute atomic E-state index is 0.0573. The van der Waals surface area contributed by atoms with E-state index in [2.05, 4.69) is 25.9 Å². The monoisotopic (exact) mass is 656 g/mol. The van der Waals surface area contributed by atoms with Crippen LogP contribution in [0.25, 0.3) is 10.9 Å². The Morgan fingerprint density at radius 2 is 1.85 bits per heavy atom. The lowest BCUT2D eigenvalue weighted by Crippen LogP contribution is -2.69. The highest BCUT2D eigenvalue weighted by atomic mass is 32.2. The molecule has 0 saturated carbocycles. The van der Waals surface area contributed by atoms with Crippen molar-refractivity contribution in [2.45, 2.75) is 62.7 Å². The van der Waals surface area contributed by atoms with Crippen molar-refractivity contribution in [1.29, 1.82) is 0 Å². The Bertz CT molecular complexity index is 1520. The molecule has 10 N–H and O–H groups in total. The molecule has 17 heteroatoms. The number of benzene rings is 1. The summed E-state index contributed by atoms with van der Waals surface area (Å²) in [4.78, 5) is 87.1. The Morgan fingerprint density at radius 3 is 2.54 bits per heavy atom. The first-order chi connectivity index (χ1) is 21.8. The van der Waals surface area contributed by atoms with Crippen molar-refractivity contribution < 1.29 is 28.8 Å². The van der Waals surface area contributed by atoms with Gasteiger partial charge < -0.3 is 47.9 Å². The molecule has 0 aliphatic carbocycles. The number of primary amides is 1. The number of nitrogens with zero attached hydrogens (tertiary/aromatic N) is 3. The van der Waals surface area contributed by atoms with Gasteiger partial charge >= 0.3 is 0 Å². The van der Waals surface area contributed by atoms with E-state index in [9.17, 15) is 28.8 Å². The van der Waals surface area contributed by atoms with Crippen LogP contribution in [0.4, 0.5) is 0 Å². The number of para-hydroxylation sites is 1. The van der Waals surface area contributed by atoms with Crippen LogP contribution in [0.5, 0.6) is 0 Å². The molecule has 0 unspecified atom stereocenters. The summed E-state index contributed by atoms with van der Waals surface area (Å²) in [6, 6.07) is 3.81. The van der Waals surface area contributed by atoms with Gasteiger partial charge in [0, 0.05) is 42.7 Å². The molecule has 0 radical (unpaired) electrons. The highest BCUT2D eigenvalue weighted by Gasteiger charge is 2.49. The Labute approximate surface area is 269 Å². The minimum atomic E-state index is -0.991. The standard InChI is InChI=1S/C29H40N10O6S/c1-15(35-16(2)40)26(43)37-21-14-46-24-13-38(12-23(41)36-20(25(30)42)8-5-9-33-29(31)32)28(45)22(39(24)27(21)44)10-17-11-34-19-7-4-3-6-18(17)19/h3-4,6-7,11,15,20-22,24,34H,5,8-10,12-14H2,1-2H3,(H2,30,42)(H,35,40)(H,36,41)(H,37,43)(H4,31,32,33)/t15-,20-,21-,22+,24-/m0/s1. The fraction of sp³-hybridized carbons (Fsp3) is 0.483. The van der Waals surface area contributed by atoms with Crippen LogP contribution in [0.2, 0.25) is 0 Å². The van der Waals surface area contributed by atoms with E-state index in [0.717, 1.165) is 16.5 Å². The van der Waals surface area contributed by atoms with Gasteiger partial charge in [-0.2, -0.15) is 0 Å². The molecule has 2 saturated heterocycles. The van der Waals surface area contributed by atoms with Crippen molar-refractivity contribution in [3.05, 3.63) is 36.0 Å². The number of amides is 6.